The quantitative estimate of drug-likeness (QED) is 0.182. The molecular formula is C13H35NO7P2. The van der Waals surface area contributed by atoms with Crippen LogP contribution in [0.2, 0.25) is 0 Å². The van der Waals surface area contributed by atoms with Crippen LogP contribution < -0.4 is 0 Å². The van der Waals surface area contributed by atoms with Gasteiger partial charge in [-0.15, -0.1) is 0 Å². The number of nitrogens with zero attached hydrogens (tertiary/aromatic N) is 1. The SMILES string of the molecule is COCCN(CC[PH](CO)(CO)CO)CC[PH](CO)(CO)CO. The summed E-state index contributed by atoms with van der Waals surface area (Å²) in [6.45, 7) is 2.32. The van der Waals surface area contributed by atoms with Crippen LogP contribution in [0, 0.1) is 0 Å². The topological polar surface area (TPSA) is 134 Å². The van der Waals surface area contributed by atoms with Crippen LogP contribution in [-0.4, -0.2) is 119 Å². The molecule has 0 rings (SSSR count). The molecule has 0 aromatic carbocycles. The van der Waals surface area contributed by atoms with E-state index in [1.807, 2.05) is 0 Å². The minimum atomic E-state index is -2.47. The Labute approximate surface area is 139 Å². The Hall–Kier alpha value is 0.540. The van der Waals surface area contributed by atoms with Gasteiger partial charge in [0.25, 0.3) is 0 Å². The molecule has 0 saturated heterocycles. The van der Waals surface area contributed by atoms with Crippen LogP contribution in [0.25, 0.3) is 0 Å². The van der Waals surface area contributed by atoms with Gasteiger partial charge in [0, 0.05) is 0 Å². The van der Waals surface area contributed by atoms with Crippen molar-refractivity contribution in [1.29, 1.82) is 0 Å². The molecule has 0 aromatic heterocycles. The molecule has 0 aliphatic carbocycles. The molecule has 0 fully saturated rings. The van der Waals surface area contributed by atoms with E-state index < -0.39 is 14.5 Å². The van der Waals surface area contributed by atoms with E-state index in [-0.39, 0.29) is 38.1 Å². The Morgan fingerprint density at radius 3 is 1.26 bits per heavy atom. The van der Waals surface area contributed by atoms with E-state index in [1.165, 1.54) is 0 Å². The van der Waals surface area contributed by atoms with Crippen molar-refractivity contribution in [2.24, 2.45) is 0 Å². The summed E-state index contributed by atoms with van der Waals surface area (Å²) in [7, 11) is -3.35. The second kappa shape index (κ2) is 12.8. The summed E-state index contributed by atoms with van der Waals surface area (Å²) in [5.74, 6) is 0. The predicted molar refractivity (Wildman–Crippen MR) is 97.2 cm³/mol. The van der Waals surface area contributed by atoms with Crippen LogP contribution in [0.4, 0.5) is 0 Å². The van der Waals surface area contributed by atoms with Gasteiger partial charge in [-0.3, -0.25) is 0 Å². The summed E-state index contributed by atoms with van der Waals surface area (Å²) in [6.07, 6.45) is 0.0998. The molecule has 6 N–H and O–H groups in total. The number of aliphatic hydroxyl groups is 6. The van der Waals surface area contributed by atoms with E-state index in [1.54, 1.807) is 7.11 Å². The van der Waals surface area contributed by atoms with Crippen LogP contribution in [0.15, 0.2) is 0 Å². The van der Waals surface area contributed by atoms with E-state index in [0.717, 1.165) is 0 Å². The molecule has 144 valence electrons. The summed E-state index contributed by atoms with van der Waals surface area (Å²) >= 11 is 0. The molecule has 0 heterocycles. The molecule has 0 saturated carbocycles. The molecule has 0 unspecified atom stereocenters. The van der Waals surface area contributed by atoms with Crippen molar-refractivity contribution in [3.05, 3.63) is 0 Å². The van der Waals surface area contributed by atoms with Gasteiger partial charge in [0.15, 0.2) is 0 Å². The van der Waals surface area contributed by atoms with E-state index in [4.69, 9.17) is 4.74 Å². The maximum atomic E-state index is 9.45. The number of ether oxygens (including phenoxy) is 1. The first-order chi connectivity index (χ1) is 11.0. The fourth-order valence-electron chi connectivity index (χ4n) is 2.12. The first-order valence-corrected chi connectivity index (χ1v) is 13.5. The van der Waals surface area contributed by atoms with E-state index in [0.29, 0.717) is 38.6 Å². The van der Waals surface area contributed by atoms with Crippen molar-refractivity contribution in [2.75, 3.05) is 83.8 Å². The molecule has 23 heavy (non-hydrogen) atoms. The molecule has 0 amide bonds. The summed E-state index contributed by atoms with van der Waals surface area (Å²) < 4.78 is 5.08. The van der Waals surface area contributed by atoms with Crippen LogP contribution in [0.3, 0.4) is 0 Å². The zero-order chi connectivity index (χ0) is 17.8. The van der Waals surface area contributed by atoms with Gasteiger partial charge in [0.05, 0.1) is 0 Å². The van der Waals surface area contributed by atoms with Gasteiger partial charge < -0.3 is 0 Å². The third-order valence-electron chi connectivity index (χ3n) is 4.54. The Morgan fingerprint density at radius 2 is 1.00 bits per heavy atom. The average Bonchev–Trinajstić information content (AvgIpc) is 2.61. The Kier molecular flexibility index (Phi) is 13.1. The molecular weight excluding hydrogens is 344 g/mol. The fraction of sp³-hybridized carbons (Fsp3) is 1.00. The third-order valence-corrected chi connectivity index (χ3v) is 11.1. The standard InChI is InChI=1S/C13H35NO7P2/c1-21-5-2-14(3-6-22(8-15,9-16)10-17)4-7-23(11-18,12-19)13-20/h15-20,22-23H,2-13H2,1H3. The molecule has 0 spiro atoms. The van der Waals surface area contributed by atoms with E-state index >= 15 is 0 Å². The molecule has 8 nitrogen and oxygen atoms in total. The minimum absolute atomic E-state index is 0.166. The van der Waals surface area contributed by atoms with Crippen LogP contribution >= 0.6 is 14.5 Å². The van der Waals surface area contributed by atoms with Crippen molar-refractivity contribution in [1.82, 2.24) is 4.90 Å². The van der Waals surface area contributed by atoms with Gasteiger partial charge in [-0.2, -0.15) is 0 Å². The first-order valence-electron chi connectivity index (χ1n) is 7.87. The van der Waals surface area contributed by atoms with Crippen molar-refractivity contribution in [2.45, 2.75) is 0 Å². The second-order valence-corrected chi connectivity index (χ2v) is 15.2. The summed E-state index contributed by atoms with van der Waals surface area (Å²) in [5.41, 5.74) is 0. The van der Waals surface area contributed by atoms with E-state index in [2.05, 4.69) is 4.90 Å². The molecule has 0 radical (unpaired) electrons. The predicted octanol–water partition coefficient (Wildman–Crippen LogP) is -1.87. The zero-order valence-corrected chi connectivity index (χ0v) is 16.0. The monoisotopic (exact) mass is 379 g/mol. The zero-order valence-electron chi connectivity index (χ0n) is 14.0. The van der Waals surface area contributed by atoms with Crippen LogP contribution in [0.1, 0.15) is 0 Å². The maximum absolute atomic E-state index is 9.45. The van der Waals surface area contributed by atoms with Crippen LogP contribution in [0.5, 0.6) is 0 Å². The average molecular weight is 379 g/mol. The number of hydrogen-bond acceptors (Lipinski definition) is 8. The number of hydrogen-bond donors (Lipinski definition) is 6. The van der Waals surface area contributed by atoms with Gasteiger partial charge in [0.2, 0.25) is 0 Å². The van der Waals surface area contributed by atoms with Crippen molar-refractivity contribution in [3.8, 4) is 0 Å². The van der Waals surface area contributed by atoms with Gasteiger partial charge in [0.1, 0.15) is 0 Å². The molecule has 0 aliphatic heterocycles. The molecule has 0 bridgehead atoms. The molecule has 0 atom stereocenters. The number of methoxy groups -OCH3 is 1. The Bertz CT molecular complexity index is 251. The molecule has 0 aromatic rings. The molecule has 10 heteroatoms. The van der Waals surface area contributed by atoms with Crippen molar-refractivity contribution >= 4 is 14.5 Å². The fourth-order valence-corrected chi connectivity index (χ4v) is 5.25. The number of aliphatic hydroxyl groups excluding tert-OH is 6. The third kappa shape index (κ3) is 7.97. The van der Waals surface area contributed by atoms with Gasteiger partial charge in [-0.1, -0.05) is 0 Å². The Morgan fingerprint density at radius 1 is 0.652 bits per heavy atom. The molecule has 0 aliphatic rings. The summed E-state index contributed by atoms with van der Waals surface area (Å²) in [6, 6.07) is 0. The summed E-state index contributed by atoms with van der Waals surface area (Å²) in [5, 5.41) is 56.7. The first kappa shape index (κ1) is 23.5. The summed E-state index contributed by atoms with van der Waals surface area (Å²) in [4.78, 5) is 2.06. The van der Waals surface area contributed by atoms with Gasteiger partial charge >= 0.3 is 139 Å². The Balaban J connectivity index is 4.68. The van der Waals surface area contributed by atoms with Crippen LogP contribution in [-0.2, 0) is 4.74 Å². The van der Waals surface area contributed by atoms with Gasteiger partial charge in [-0.05, 0) is 0 Å². The van der Waals surface area contributed by atoms with Gasteiger partial charge in [-0.25, -0.2) is 0 Å². The number of rotatable bonds is 15. The van der Waals surface area contributed by atoms with Crippen molar-refractivity contribution < 1.29 is 35.4 Å². The second-order valence-electron chi connectivity index (χ2n) is 6.28. The van der Waals surface area contributed by atoms with E-state index in [9.17, 15) is 30.6 Å². The normalized spacial score (nSPS) is 14.4. The van der Waals surface area contributed by atoms with Crippen molar-refractivity contribution in [3.63, 3.8) is 0 Å².